The van der Waals surface area contributed by atoms with Gasteiger partial charge in [-0.2, -0.15) is 0 Å². The van der Waals surface area contributed by atoms with Gasteiger partial charge in [0.15, 0.2) is 0 Å². The van der Waals surface area contributed by atoms with Crippen molar-refractivity contribution < 1.29 is 4.74 Å². The summed E-state index contributed by atoms with van der Waals surface area (Å²) in [6.45, 7) is 0. The van der Waals surface area contributed by atoms with Crippen molar-refractivity contribution >= 4 is 11.6 Å². The van der Waals surface area contributed by atoms with Gasteiger partial charge in [-0.3, -0.25) is 0 Å². The van der Waals surface area contributed by atoms with Crippen LogP contribution in [0.3, 0.4) is 0 Å². The average molecular weight is 240 g/mol. The molecule has 1 saturated carbocycles. The predicted molar refractivity (Wildman–Crippen MR) is 67.2 cm³/mol. The van der Waals surface area contributed by atoms with E-state index in [2.05, 4.69) is 5.32 Å². The van der Waals surface area contributed by atoms with E-state index in [9.17, 15) is 0 Å². The monoisotopic (exact) mass is 239 g/mol. The van der Waals surface area contributed by atoms with E-state index < -0.39 is 0 Å². The zero-order valence-corrected chi connectivity index (χ0v) is 10.3. The first-order valence-corrected chi connectivity index (χ1v) is 6.26. The van der Waals surface area contributed by atoms with Gasteiger partial charge in [0.2, 0.25) is 0 Å². The smallest absolute Gasteiger partial charge is 0.138 e. The summed E-state index contributed by atoms with van der Waals surface area (Å²) in [5, 5.41) is 4.02. The first-order valence-electron chi connectivity index (χ1n) is 5.88. The second-order valence-electron chi connectivity index (χ2n) is 4.32. The molecule has 0 spiro atoms. The van der Waals surface area contributed by atoms with E-state index in [0.29, 0.717) is 17.2 Å². The van der Waals surface area contributed by atoms with E-state index >= 15 is 0 Å². The predicted octanol–water partition coefficient (Wildman–Crippen LogP) is 3.25. The number of nitrogens with one attached hydrogen (secondary N) is 1. The summed E-state index contributed by atoms with van der Waals surface area (Å²) < 4.78 is 5.95. The maximum absolute atomic E-state index is 6.07. The third-order valence-corrected chi connectivity index (χ3v) is 3.48. The molecule has 2 nitrogen and oxygen atoms in total. The van der Waals surface area contributed by atoms with Gasteiger partial charge in [-0.05, 0) is 44.9 Å². The van der Waals surface area contributed by atoms with E-state index in [-0.39, 0.29) is 0 Å². The third kappa shape index (κ3) is 2.89. The Morgan fingerprint density at radius 2 is 2.12 bits per heavy atom. The van der Waals surface area contributed by atoms with Crippen molar-refractivity contribution in [2.24, 2.45) is 0 Å². The van der Waals surface area contributed by atoms with Crippen LogP contribution in [0.5, 0.6) is 5.75 Å². The lowest BCUT2D eigenvalue weighted by Gasteiger charge is -2.29. The Labute approximate surface area is 102 Å². The molecular formula is C13H18ClNO. The van der Waals surface area contributed by atoms with E-state index in [1.165, 1.54) is 12.8 Å². The summed E-state index contributed by atoms with van der Waals surface area (Å²) in [6.07, 6.45) is 4.97. The Bertz CT molecular complexity index is 342. The molecule has 16 heavy (non-hydrogen) atoms. The minimum absolute atomic E-state index is 0.297. The van der Waals surface area contributed by atoms with Crippen molar-refractivity contribution in [3.8, 4) is 5.75 Å². The molecule has 2 rings (SSSR count). The fourth-order valence-electron chi connectivity index (χ4n) is 2.23. The lowest BCUT2D eigenvalue weighted by atomic mass is 9.93. The van der Waals surface area contributed by atoms with Crippen molar-refractivity contribution in [1.29, 1.82) is 0 Å². The van der Waals surface area contributed by atoms with Crippen LogP contribution in [0.2, 0.25) is 5.02 Å². The van der Waals surface area contributed by atoms with Gasteiger partial charge in [-0.15, -0.1) is 0 Å². The molecule has 2 atom stereocenters. The minimum atomic E-state index is 0.297. The molecule has 0 radical (unpaired) electrons. The fourth-order valence-corrected chi connectivity index (χ4v) is 2.41. The minimum Gasteiger partial charge on any atom is -0.489 e. The number of ether oxygens (including phenoxy) is 1. The summed E-state index contributed by atoms with van der Waals surface area (Å²) in [6, 6.07) is 8.27. The van der Waals surface area contributed by atoms with Crippen LogP contribution >= 0.6 is 11.6 Å². The van der Waals surface area contributed by atoms with Crippen molar-refractivity contribution in [1.82, 2.24) is 5.32 Å². The van der Waals surface area contributed by atoms with E-state index in [1.807, 2.05) is 31.3 Å². The molecule has 88 valence electrons. The molecule has 1 aromatic carbocycles. The number of benzene rings is 1. The first-order chi connectivity index (χ1) is 7.79. The average Bonchev–Trinajstić information content (AvgIpc) is 2.32. The SMILES string of the molecule is CNC1CCCC(Oc2ccccc2Cl)C1. The highest BCUT2D eigenvalue weighted by Crippen LogP contribution is 2.28. The molecule has 0 aliphatic heterocycles. The fraction of sp³-hybridized carbons (Fsp3) is 0.538. The molecule has 0 bridgehead atoms. The summed E-state index contributed by atoms with van der Waals surface area (Å²) in [4.78, 5) is 0. The Morgan fingerprint density at radius 1 is 1.31 bits per heavy atom. The number of para-hydroxylation sites is 1. The van der Waals surface area contributed by atoms with Crippen molar-refractivity contribution in [3.05, 3.63) is 29.3 Å². The van der Waals surface area contributed by atoms with E-state index in [1.54, 1.807) is 0 Å². The largest absolute Gasteiger partial charge is 0.489 e. The lowest BCUT2D eigenvalue weighted by Crippen LogP contribution is -2.36. The first kappa shape index (κ1) is 11.7. The topological polar surface area (TPSA) is 21.3 Å². The normalized spacial score (nSPS) is 25.4. The molecule has 2 unspecified atom stereocenters. The Kier molecular flexibility index (Phi) is 4.08. The number of hydrogen-bond donors (Lipinski definition) is 1. The molecule has 1 aromatic rings. The lowest BCUT2D eigenvalue weighted by molar-refractivity contribution is 0.137. The quantitative estimate of drug-likeness (QED) is 0.875. The standard InChI is InChI=1S/C13H18ClNO/c1-15-10-5-4-6-11(9-10)16-13-8-3-2-7-12(13)14/h2-3,7-8,10-11,15H,4-6,9H2,1H3. The zero-order valence-electron chi connectivity index (χ0n) is 9.58. The maximum atomic E-state index is 6.07. The van der Waals surface area contributed by atoms with Gasteiger partial charge >= 0.3 is 0 Å². The van der Waals surface area contributed by atoms with Crippen LogP contribution in [0.4, 0.5) is 0 Å². The van der Waals surface area contributed by atoms with E-state index in [0.717, 1.165) is 18.6 Å². The van der Waals surface area contributed by atoms with E-state index in [4.69, 9.17) is 16.3 Å². The van der Waals surface area contributed by atoms with Crippen molar-refractivity contribution in [3.63, 3.8) is 0 Å². The highest BCUT2D eigenvalue weighted by atomic mass is 35.5. The van der Waals surface area contributed by atoms with Crippen LogP contribution in [0, 0.1) is 0 Å². The highest BCUT2D eigenvalue weighted by molar-refractivity contribution is 6.32. The molecule has 0 amide bonds. The summed E-state index contributed by atoms with van der Waals surface area (Å²) in [5.41, 5.74) is 0. The Balaban J connectivity index is 1.97. The Hall–Kier alpha value is -0.730. The number of halogens is 1. The van der Waals surface area contributed by atoms with Gasteiger partial charge < -0.3 is 10.1 Å². The number of rotatable bonds is 3. The second kappa shape index (κ2) is 5.55. The van der Waals surface area contributed by atoms with Gasteiger partial charge in [0.1, 0.15) is 11.9 Å². The molecular weight excluding hydrogens is 222 g/mol. The van der Waals surface area contributed by atoms with Gasteiger partial charge in [-0.25, -0.2) is 0 Å². The van der Waals surface area contributed by atoms with Crippen molar-refractivity contribution in [2.75, 3.05) is 7.05 Å². The molecule has 0 aromatic heterocycles. The van der Waals surface area contributed by atoms with Gasteiger partial charge in [0, 0.05) is 6.04 Å². The van der Waals surface area contributed by atoms with Gasteiger partial charge in [0.05, 0.1) is 5.02 Å². The summed E-state index contributed by atoms with van der Waals surface area (Å²) in [5.74, 6) is 0.811. The van der Waals surface area contributed by atoms with Crippen LogP contribution < -0.4 is 10.1 Å². The van der Waals surface area contributed by atoms with Crippen LogP contribution in [0.15, 0.2) is 24.3 Å². The molecule has 0 heterocycles. The highest BCUT2D eigenvalue weighted by Gasteiger charge is 2.22. The van der Waals surface area contributed by atoms with Crippen LogP contribution in [0.1, 0.15) is 25.7 Å². The Morgan fingerprint density at radius 3 is 2.88 bits per heavy atom. The van der Waals surface area contributed by atoms with Crippen molar-refractivity contribution in [2.45, 2.75) is 37.8 Å². The molecule has 3 heteroatoms. The maximum Gasteiger partial charge on any atom is 0.138 e. The molecule has 1 aliphatic rings. The molecule has 1 fully saturated rings. The second-order valence-corrected chi connectivity index (χ2v) is 4.73. The molecule has 0 saturated heterocycles. The van der Waals surface area contributed by atoms with Gasteiger partial charge in [0.25, 0.3) is 0 Å². The molecule has 1 aliphatic carbocycles. The van der Waals surface area contributed by atoms with Crippen LogP contribution in [-0.4, -0.2) is 19.2 Å². The number of hydrogen-bond acceptors (Lipinski definition) is 2. The third-order valence-electron chi connectivity index (χ3n) is 3.16. The van der Waals surface area contributed by atoms with Crippen LogP contribution in [-0.2, 0) is 0 Å². The van der Waals surface area contributed by atoms with Crippen LogP contribution in [0.25, 0.3) is 0 Å². The summed E-state index contributed by atoms with van der Waals surface area (Å²) >= 11 is 6.07. The van der Waals surface area contributed by atoms with Gasteiger partial charge in [-0.1, -0.05) is 23.7 Å². The summed E-state index contributed by atoms with van der Waals surface area (Å²) in [7, 11) is 2.02. The molecule has 1 N–H and O–H groups in total. The zero-order chi connectivity index (χ0) is 11.4.